The number of carbonyl (C=O) groups excluding carboxylic acids is 1. The van der Waals surface area contributed by atoms with Crippen LogP contribution >= 0.6 is 0 Å². The first-order valence-electron chi connectivity index (χ1n) is 5.98. The minimum Gasteiger partial charge on any atom is -0.498 e. The molecule has 0 heterocycles. The van der Waals surface area contributed by atoms with Crippen LogP contribution in [-0.4, -0.2) is 19.2 Å². The van der Waals surface area contributed by atoms with Crippen LogP contribution in [0.5, 0.6) is 5.75 Å². The van der Waals surface area contributed by atoms with E-state index in [1.54, 1.807) is 13.8 Å². The van der Waals surface area contributed by atoms with Gasteiger partial charge in [-0.25, -0.2) is 4.79 Å². The highest BCUT2D eigenvalue weighted by Gasteiger charge is 2.15. The van der Waals surface area contributed by atoms with E-state index in [2.05, 4.69) is 11.1 Å². The summed E-state index contributed by atoms with van der Waals surface area (Å²) in [5, 5.41) is 13.0. The van der Waals surface area contributed by atoms with E-state index in [4.69, 9.17) is 9.47 Å². The van der Waals surface area contributed by atoms with Crippen molar-refractivity contribution in [3.05, 3.63) is 38.5 Å². The molecule has 0 aliphatic carbocycles. The zero-order valence-electron chi connectivity index (χ0n) is 11.6. The summed E-state index contributed by atoms with van der Waals surface area (Å²) in [5.74, 6) is 0.134. The summed E-state index contributed by atoms with van der Waals surface area (Å²) >= 11 is 0. The van der Waals surface area contributed by atoms with Gasteiger partial charge < -0.3 is 14.7 Å². The lowest BCUT2D eigenvalue weighted by molar-refractivity contribution is -0.145. The average molecular weight is 263 g/mol. The van der Waals surface area contributed by atoms with Crippen LogP contribution in [0.4, 0.5) is 0 Å². The summed E-state index contributed by atoms with van der Waals surface area (Å²) in [6.45, 7) is 7.43. The number of hydrogen-bond donors (Lipinski definition) is 0. The predicted octanol–water partition coefficient (Wildman–Crippen LogP) is 2.73. The Kier molecular flexibility index (Phi) is 5.19. The Labute approximate surface area is 112 Å². The molecule has 0 N–H and O–H groups in total. The number of nitrogens with zero attached hydrogens (tertiary/aromatic N) is 1. The van der Waals surface area contributed by atoms with Crippen LogP contribution in [0.2, 0.25) is 0 Å². The number of aryl methyl sites for hydroxylation is 2. The molecule has 1 rings (SSSR count). The second-order valence-corrected chi connectivity index (χ2v) is 4.14. The largest absolute Gasteiger partial charge is 0.498 e. The monoisotopic (exact) mass is 263 g/mol. The highest BCUT2D eigenvalue weighted by atomic mass is 16.6. The molecule has 0 bridgehead atoms. The number of carbonyl (C=O) groups is 1. The molecule has 0 unspecified atom stereocenters. The van der Waals surface area contributed by atoms with Crippen molar-refractivity contribution in [2.45, 2.75) is 27.7 Å². The molecule has 0 aromatic heterocycles. The quantitative estimate of drug-likeness (QED) is 0.619. The van der Waals surface area contributed by atoms with E-state index in [9.17, 15) is 10.0 Å². The fourth-order valence-electron chi connectivity index (χ4n) is 1.94. The summed E-state index contributed by atoms with van der Waals surface area (Å²) in [6.07, 6.45) is 0. The van der Waals surface area contributed by atoms with Gasteiger partial charge in [-0.05, 0) is 38.8 Å². The molecule has 102 valence electrons. The van der Waals surface area contributed by atoms with Gasteiger partial charge in [-0.2, -0.15) is 0 Å². The van der Waals surface area contributed by atoms with Crippen molar-refractivity contribution in [2.75, 3.05) is 13.2 Å². The van der Waals surface area contributed by atoms with E-state index in [0.29, 0.717) is 17.9 Å². The van der Waals surface area contributed by atoms with E-state index in [0.717, 1.165) is 16.7 Å². The lowest BCUT2D eigenvalue weighted by atomic mass is 9.99. The van der Waals surface area contributed by atoms with Gasteiger partial charge in [-0.3, -0.25) is 0 Å². The Bertz CT molecular complexity index is 541. The summed E-state index contributed by atoms with van der Waals surface area (Å²) in [6, 6.07) is 4.26. The van der Waals surface area contributed by atoms with Crippen molar-refractivity contribution < 1.29 is 14.3 Å². The van der Waals surface area contributed by atoms with Gasteiger partial charge in [0.15, 0.2) is 6.61 Å². The molecule has 19 heavy (non-hydrogen) atoms. The number of esters is 1. The smallest absolute Gasteiger partial charge is 0.344 e. The van der Waals surface area contributed by atoms with Crippen molar-refractivity contribution in [2.24, 2.45) is 0 Å². The van der Waals surface area contributed by atoms with Crippen LogP contribution < -0.4 is 4.74 Å². The summed E-state index contributed by atoms with van der Waals surface area (Å²) in [7, 11) is 0. The Morgan fingerprint density at radius 3 is 2.63 bits per heavy atom. The zero-order valence-corrected chi connectivity index (χ0v) is 11.6. The first-order valence-corrected chi connectivity index (χ1v) is 5.98. The number of benzene rings is 1. The summed E-state index contributed by atoms with van der Waals surface area (Å²) in [5.41, 5.74) is 3.11. The van der Waals surface area contributed by atoms with Crippen molar-refractivity contribution in [1.29, 1.82) is 0 Å². The minimum absolute atomic E-state index is 0.160. The van der Waals surface area contributed by atoms with E-state index in [-0.39, 0.29) is 6.61 Å². The fourth-order valence-corrected chi connectivity index (χ4v) is 1.94. The highest BCUT2D eigenvalue weighted by molar-refractivity contribution is 5.71. The second kappa shape index (κ2) is 6.64. The first kappa shape index (κ1) is 14.8. The summed E-state index contributed by atoms with van der Waals surface area (Å²) in [4.78, 5) is 11.3. The molecular weight excluding hydrogens is 246 g/mol. The zero-order chi connectivity index (χ0) is 14.4. The van der Waals surface area contributed by atoms with Gasteiger partial charge in [0.05, 0.1) is 6.61 Å². The third-order valence-corrected chi connectivity index (χ3v) is 2.70. The standard InChI is InChI=1S/C14H17NO4/c1-5-18-13(16)8-19-14-10(3)6-9(2)12(7-15-17)11(14)4/h6H,5,8H2,1-4H3. The molecule has 1 aromatic carbocycles. The molecule has 0 fully saturated rings. The van der Waals surface area contributed by atoms with Crippen LogP contribution in [0.3, 0.4) is 0 Å². The van der Waals surface area contributed by atoms with Crippen LogP contribution in [0.1, 0.15) is 29.2 Å². The van der Waals surface area contributed by atoms with Gasteiger partial charge >= 0.3 is 12.0 Å². The van der Waals surface area contributed by atoms with Gasteiger partial charge in [0.1, 0.15) is 11.3 Å². The number of rotatable bonds is 4. The van der Waals surface area contributed by atoms with Gasteiger partial charge in [0.2, 0.25) is 0 Å². The fraction of sp³-hybridized carbons (Fsp3) is 0.429. The van der Waals surface area contributed by atoms with Crippen molar-refractivity contribution in [3.63, 3.8) is 0 Å². The molecule has 1 aromatic rings. The van der Waals surface area contributed by atoms with Crippen molar-refractivity contribution in [3.8, 4) is 11.8 Å². The third-order valence-electron chi connectivity index (χ3n) is 2.70. The molecule has 5 nitrogen and oxygen atoms in total. The molecule has 0 radical (unpaired) electrons. The number of hydrogen-bond acceptors (Lipinski definition) is 4. The van der Waals surface area contributed by atoms with Crippen LogP contribution in [0.25, 0.3) is 5.01 Å². The van der Waals surface area contributed by atoms with Gasteiger partial charge in [-0.1, -0.05) is 6.07 Å². The topological polar surface area (TPSA) is 63.0 Å². The molecule has 0 amide bonds. The van der Waals surface area contributed by atoms with E-state index in [1.807, 2.05) is 19.9 Å². The maximum Gasteiger partial charge on any atom is 0.344 e. The van der Waals surface area contributed by atoms with E-state index in [1.165, 1.54) is 0 Å². The van der Waals surface area contributed by atoms with Crippen molar-refractivity contribution in [1.82, 2.24) is 0 Å². The highest BCUT2D eigenvalue weighted by Crippen LogP contribution is 2.28. The van der Waals surface area contributed by atoms with Crippen LogP contribution in [0, 0.1) is 32.0 Å². The molecule has 0 spiro atoms. The maximum absolute atomic E-state index is 11.3. The van der Waals surface area contributed by atoms with Crippen LogP contribution in [0.15, 0.2) is 6.07 Å². The SMILES string of the molecule is CCOC(=O)COc1c(C)cc(C)c(C#[N+][O-])c1C. The molecule has 0 aliphatic rings. The normalized spacial score (nSPS) is 9.47. The lowest BCUT2D eigenvalue weighted by Gasteiger charge is -2.13. The first-order chi connectivity index (χ1) is 9.01. The van der Waals surface area contributed by atoms with Gasteiger partial charge in [0.25, 0.3) is 0 Å². The Balaban J connectivity index is 3.03. The van der Waals surface area contributed by atoms with Crippen LogP contribution in [-0.2, 0) is 9.53 Å². The Morgan fingerprint density at radius 1 is 1.37 bits per heavy atom. The van der Waals surface area contributed by atoms with Gasteiger partial charge in [-0.15, -0.1) is 0 Å². The molecule has 0 atom stereocenters. The molecule has 0 aliphatic heterocycles. The molecule has 5 heteroatoms. The molecular formula is C14H17NO4. The molecule has 0 saturated heterocycles. The Hall–Kier alpha value is -2.22. The summed E-state index contributed by atoms with van der Waals surface area (Å²) < 4.78 is 10.3. The van der Waals surface area contributed by atoms with E-state index < -0.39 is 5.97 Å². The van der Waals surface area contributed by atoms with Gasteiger partial charge in [0, 0.05) is 10.6 Å². The third kappa shape index (κ3) is 3.62. The second-order valence-electron chi connectivity index (χ2n) is 4.14. The average Bonchev–Trinajstić information content (AvgIpc) is 2.34. The molecule has 0 saturated carbocycles. The minimum atomic E-state index is -0.426. The predicted molar refractivity (Wildman–Crippen MR) is 72.5 cm³/mol. The lowest BCUT2D eigenvalue weighted by Crippen LogP contribution is -2.15. The number of ether oxygens (including phenoxy) is 2. The van der Waals surface area contributed by atoms with E-state index >= 15 is 0 Å². The van der Waals surface area contributed by atoms with Crippen molar-refractivity contribution >= 4 is 5.97 Å². The Morgan fingerprint density at radius 2 is 2.05 bits per heavy atom. The maximum atomic E-state index is 11.3.